The number of amides is 2. The van der Waals surface area contributed by atoms with E-state index in [1.54, 1.807) is 11.9 Å². The van der Waals surface area contributed by atoms with Gasteiger partial charge in [0.1, 0.15) is 11.6 Å². The third-order valence-corrected chi connectivity index (χ3v) is 5.19. The van der Waals surface area contributed by atoms with Crippen molar-refractivity contribution in [2.24, 2.45) is 5.92 Å². The minimum atomic E-state index is -0.560. The first-order chi connectivity index (χ1) is 11.5. The Morgan fingerprint density at radius 2 is 1.96 bits per heavy atom. The molecule has 0 spiro atoms. The summed E-state index contributed by atoms with van der Waals surface area (Å²) in [4.78, 5) is 13.8. The van der Waals surface area contributed by atoms with Gasteiger partial charge in [-0.15, -0.1) is 0 Å². The molecule has 4 atom stereocenters. The van der Waals surface area contributed by atoms with Crippen LogP contribution in [0.2, 0.25) is 0 Å². The summed E-state index contributed by atoms with van der Waals surface area (Å²) in [5.41, 5.74) is 0.0631. The van der Waals surface area contributed by atoms with Crippen LogP contribution in [-0.4, -0.2) is 41.8 Å². The first-order valence-electron chi connectivity index (χ1n) is 8.61. The molecule has 6 heteroatoms. The van der Waals surface area contributed by atoms with Crippen LogP contribution in [0.25, 0.3) is 0 Å². The molecule has 0 aromatic heterocycles. The first kappa shape index (κ1) is 17.1. The monoisotopic (exact) mass is 338 g/mol. The van der Waals surface area contributed by atoms with Crippen LogP contribution in [0.1, 0.15) is 43.6 Å². The molecule has 2 saturated carbocycles. The lowest BCUT2D eigenvalue weighted by molar-refractivity contribution is 0.0564. The van der Waals surface area contributed by atoms with E-state index in [-0.39, 0.29) is 35.6 Å². The summed E-state index contributed by atoms with van der Waals surface area (Å²) >= 11 is 0. The van der Waals surface area contributed by atoms with Crippen molar-refractivity contribution in [2.45, 2.75) is 50.2 Å². The molecule has 2 fully saturated rings. The number of carbonyl (C=O) groups excluding carboxylic acids is 1. The Labute approximate surface area is 140 Å². The van der Waals surface area contributed by atoms with Crippen molar-refractivity contribution >= 4 is 6.03 Å². The zero-order chi connectivity index (χ0) is 17.3. The summed E-state index contributed by atoms with van der Waals surface area (Å²) in [6.45, 7) is 0.498. The van der Waals surface area contributed by atoms with Crippen molar-refractivity contribution in [1.29, 1.82) is 0 Å². The summed E-state index contributed by atoms with van der Waals surface area (Å²) < 4.78 is 27.5. The van der Waals surface area contributed by atoms with E-state index in [0.29, 0.717) is 13.0 Å². The number of nitrogens with one attached hydrogen (secondary N) is 1. The molecule has 1 aromatic carbocycles. The summed E-state index contributed by atoms with van der Waals surface area (Å²) in [7, 11) is 1.69. The Bertz CT molecular complexity index is 590. The molecule has 3 rings (SSSR count). The van der Waals surface area contributed by atoms with Crippen molar-refractivity contribution < 1.29 is 18.7 Å². The molecule has 0 bridgehead atoms. The van der Waals surface area contributed by atoms with Gasteiger partial charge in [0.15, 0.2) is 0 Å². The van der Waals surface area contributed by atoms with Gasteiger partial charge in [-0.25, -0.2) is 13.6 Å². The van der Waals surface area contributed by atoms with Gasteiger partial charge < -0.3 is 15.3 Å². The number of halogens is 2. The highest BCUT2D eigenvalue weighted by atomic mass is 19.1. The van der Waals surface area contributed by atoms with Crippen LogP contribution in [0.4, 0.5) is 13.6 Å². The number of aliphatic hydroxyl groups is 1. The molecule has 4 nitrogen and oxygen atoms in total. The highest BCUT2D eigenvalue weighted by Gasteiger charge is 2.43. The van der Waals surface area contributed by atoms with E-state index >= 15 is 0 Å². The van der Waals surface area contributed by atoms with Crippen molar-refractivity contribution in [2.75, 3.05) is 13.6 Å². The second kappa shape index (κ2) is 7.05. The number of carbonyl (C=O) groups is 1. The van der Waals surface area contributed by atoms with E-state index in [1.807, 2.05) is 0 Å². The molecule has 2 amide bonds. The molecule has 24 heavy (non-hydrogen) atoms. The van der Waals surface area contributed by atoms with Crippen LogP contribution in [0.5, 0.6) is 0 Å². The third-order valence-electron chi connectivity index (χ3n) is 5.19. The van der Waals surface area contributed by atoms with Crippen molar-refractivity contribution in [3.8, 4) is 0 Å². The second-order valence-corrected chi connectivity index (χ2v) is 7.03. The van der Waals surface area contributed by atoms with Gasteiger partial charge >= 0.3 is 6.03 Å². The van der Waals surface area contributed by atoms with Crippen molar-refractivity contribution in [1.82, 2.24) is 10.2 Å². The number of aliphatic hydroxyl groups excluding tert-OH is 1. The fourth-order valence-corrected chi connectivity index (χ4v) is 3.64. The predicted molar refractivity (Wildman–Crippen MR) is 86.6 cm³/mol. The predicted octanol–water partition coefficient (Wildman–Crippen LogP) is 3.01. The summed E-state index contributed by atoms with van der Waals surface area (Å²) in [5, 5.41) is 12.8. The van der Waals surface area contributed by atoms with Crippen molar-refractivity contribution in [3.05, 3.63) is 35.4 Å². The quantitative estimate of drug-likeness (QED) is 0.887. The van der Waals surface area contributed by atoms with Crippen LogP contribution >= 0.6 is 0 Å². The van der Waals surface area contributed by atoms with Gasteiger partial charge in [-0.05, 0) is 31.4 Å². The molecule has 0 aliphatic heterocycles. The Balaban J connectivity index is 1.52. The van der Waals surface area contributed by atoms with E-state index in [2.05, 4.69) is 5.32 Å². The lowest BCUT2D eigenvalue weighted by Crippen LogP contribution is -2.43. The van der Waals surface area contributed by atoms with Gasteiger partial charge in [-0.2, -0.15) is 0 Å². The lowest BCUT2D eigenvalue weighted by atomic mass is 9.86. The van der Waals surface area contributed by atoms with Crippen LogP contribution in [0.15, 0.2) is 18.2 Å². The third kappa shape index (κ3) is 3.69. The summed E-state index contributed by atoms with van der Waals surface area (Å²) in [6.07, 6.45) is 4.02. The van der Waals surface area contributed by atoms with Crippen molar-refractivity contribution in [3.63, 3.8) is 0 Å². The standard InChI is InChI=1S/C18H24F2N2O2/c1-22(10-11-5-2-3-8-16(11)23)18(24)21-15-9-12(15)17-13(19)6-4-7-14(17)20/h4,6-7,11-12,15-16,23H,2-3,5,8-10H2,1H3,(H,21,24). The molecule has 132 valence electrons. The molecule has 1 aromatic rings. The molecule has 0 radical (unpaired) electrons. The minimum absolute atomic E-state index is 0.0631. The van der Waals surface area contributed by atoms with Gasteiger partial charge in [0.2, 0.25) is 0 Å². The molecule has 2 aliphatic rings. The van der Waals surface area contributed by atoms with E-state index < -0.39 is 11.6 Å². The molecular formula is C18H24F2N2O2. The average Bonchev–Trinajstić information content (AvgIpc) is 3.28. The smallest absolute Gasteiger partial charge is 0.317 e. The number of benzene rings is 1. The van der Waals surface area contributed by atoms with Gasteiger partial charge in [-0.1, -0.05) is 18.9 Å². The second-order valence-electron chi connectivity index (χ2n) is 7.03. The lowest BCUT2D eigenvalue weighted by Gasteiger charge is -2.31. The molecule has 2 aliphatic carbocycles. The number of hydrogen-bond donors (Lipinski definition) is 2. The van der Waals surface area contributed by atoms with E-state index in [4.69, 9.17) is 0 Å². The Hall–Kier alpha value is -1.69. The highest BCUT2D eigenvalue weighted by Crippen LogP contribution is 2.43. The van der Waals surface area contributed by atoms with Gasteiger partial charge in [0.05, 0.1) is 6.10 Å². The minimum Gasteiger partial charge on any atom is -0.393 e. The maximum absolute atomic E-state index is 13.8. The topological polar surface area (TPSA) is 52.6 Å². The molecule has 0 saturated heterocycles. The normalized spacial score (nSPS) is 29.2. The summed E-state index contributed by atoms with van der Waals surface area (Å²) in [5.74, 6) is -1.32. The molecule has 0 heterocycles. The number of nitrogens with zero attached hydrogens (tertiary/aromatic N) is 1. The average molecular weight is 338 g/mol. The number of urea groups is 1. The largest absolute Gasteiger partial charge is 0.393 e. The zero-order valence-electron chi connectivity index (χ0n) is 13.8. The Morgan fingerprint density at radius 3 is 2.62 bits per heavy atom. The van der Waals surface area contributed by atoms with Crippen LogP contribution in [0.3, 0.4) is 0 Å². The van der Waals surface area contributed by atoms with E-state index in [0.717, 1.165) is 25.7 Å². The van der Waals surface area contributed by atoms with Gasteiger partial charge in [0, 0.05) is 37.0 Å². The van der Waals surface area contributed by atoms with Crippen LogP contribution in [0, 0.1) is 17.6 Å². The number of hydrogen-bond acceptors (Lipinski definition) is 2. The van der Waals surface area contributed by atoms with Gasteiger partial charge in [-0.3, -0.25) is 0 Å². The van der Waals surface area contributed by atoms with Crippen LogP contribution < -0.4 is 5.32 Å². The fourth-order valence-electron chi connectivity index (χ4n) is 3.64. The molecule has 2 N–H and O–H groups in total. The first-order valence-corrected chi connectivity index (χ1v) is 8.61. The van der Waals surface area contributed by atoms with Gasteiger partial charge in [0.25, 0.3) is 0 Å². The Morgan fingerprint density at radius 1 is 1.29 bits per heavy atom. The maximum Gasteiger partial charge on any atom is 0.317 e. The molecule has 4 unspecified atom stereocenters. The zero-order valence-corrected chi connectivity index (χ0v) is 13.8. The number of rotatable bonds is 4. The molecular weight excluding hydrogens is 314 g/mol. The van der Waals surface area contributed by atoms with E-state index in [1.165, 1.54) is 18.2 Å². The van der Waals surface area contributed by atoms with E-state index in [9.17, 15) is 18.7 Å². The highest BCUT2D eigenvalue weighted by molar-refractivity contribution is 5.75. The fraction of sp³-hybridized carbons (Fsp3) is 0.611. The SMILES string of the molecule is CN(CC1CCCCC1O)C(=O)NC1CC1c1c(F)cccc1F. The maximum atomic E-state index is 13.8. The Kier molecular flexibility index (Phi) is 5.04. The summed E-state index contributed by atoms with van der Waals surface area (Å²) in [6, 6.07) is 3.34. The van der Waals surface area contributed by atoms with Crippen LogP contribution in [-0.2, 0) is 0 Å².